The standard InChI is InChI=1S/C45H49Cl2N7O5/c1-24-18-31(19-25(2)39(24)47)59-17-9-10-32-33-11-12-34(46)38(37-27(4)48-51(8)28(37)5)41(33)54-26(3)23-53(44(56)42(32)54)35-22-30(43(55)52-15-13-49(6)14-16-52)20-29-21-36(45(57)58)50(7)40(29)35/h11-12,18-22,26H,9-10,13-17,23H2,1-8H3,(H,57,58)/t26-/m1/s1. The van der Waals surface area contributed by atoms with Gasteiger partial charge in [0.2, 0.25) is 0 Å². The lowest BCUT2D eigenvalue weighted by Crippen LogP contribution is -2.47. The van der Waals surface area contributed by atoms with E-state index in [0.717, 1.165) is 74.0 Å². The average molecular weight is 839 g/mol. The molecule has 0 aliphatic carbocycles. The molecule has 0 saturated carbocycles. The van der Waals surface area contributed by atoms with E-state index in [-0.39, 0.29) is 30.1 Å². The van der Waals surface area contributed by atoms with Crippen LogP contribution in [-0.2, 0) is 20.5 Å². The number of carbonyl (C=O) groups is 3. The Kier molecular flexibility index (Phi) is 10.6. The molecule has 1 N–H and O–H groups in total. The van der Waals surface area contributed by atoms with Crippen molar-refractivity contribution in [2.75, 3.05) is 51.3 Å². The van der Waals surface area contributed by atoms with Gasteiger partial charge in [0.05, 0.1) is 34.0 Å². The van der Waals surface area contributed by atoms with Gasteiger partial charge in [-0.2, -0.15) is 5.10 Å². The number of halogens is 2. The van der Waals surface area contributed by atoms with Crippen molar-refractivity contribution in [1.29, 1.82) is 0 Å². The molecule has 1 saturated heterocycles. The highest BCUT2D eigenvalue weighted by Gasteiger charge is 2.38. The quantitative estimate of drug-likeness (QED) is 0.145. The summed E-state index contributed by atoms with van der Waals surface area (Å²) in [4.78, 5) is 47.8. The van der Waals surface area contributed by atoms with Crippen LogP contribution in [0.4, 0.5) is 5.69 Å². The van der Waals surface area contributed by atoms with E-state index >= 15 is 4.79 Å². The number of ether oxygens (including phenoxy) is 1. The number of anilines is 1. The fourth-order valence-corrected chi connectivity index (χ4v) is 9.50. The van der Waals surface area contributed by atoms with Gasteiger partial charge in [-0.05, 0) is 108 Å². The van der Waals surface area contributed by atoms with Gasteiger partial charge in [-0.1, -0.05) is 29.3 Å². The minimum Gasteiger partial charge on any atom is -0.494 e. The molecule has 0 radical (unpaired) electrons. The van der Waals surface area contributed by atoms with Crippen LogP contribution in [0.5, 0.6) is 5.75 Å². The van der Waals surface area contributed by atoms with E-state index in [1.807, 2.05) is 75.6 Å². The number of carboxylic acids is 1. The van der Waals surface area contributed by atoms with Gasteiger partial charge in [-0.3, -0.25) is 14.3 Å². The summed E-state index contributed by atoms with van der Waals surface area (Å²) in [5.41, 5.74) is 9.20. The maximum absolute atomic E-state index is 15.5. The SMILES string of the molecule is Cc1cc(OCCCc2c3n(c4c(-c5c(C)nn(C)c5C)c(Cl)ccc24)[C@H](C)CN(c2cc(C(=O)N4CCN(C)CC4)cc4cc(C(=O)O)n(C)c24)C3=O)cc(C)c1Cl. The molecule has 308 valence electrons. The second kappa shape index (κ2) is 15.4. The molecule has 2 aliphatic heterocycles. The molecule has 8 rings (SSSR count). The number of amides is 2. The minimum atomic E-state index is -1.10. The summed E-state index contributed by atoms with van der Waals surface area (Å²) in [5, 5.41) is 17.7. The monoisotopic (exact) mass is 837 g/mol. The lowest BCUT2D eigenvalue weighted by Gasteiger charge is -2.35. The highest BCUT2D eigenvalue weighted by Crippen LogP contribution is 2.46. The topological polar surface area (TPSA) is 118 Å². The molecule has 59 heavy (non-hydrogen) atoms. The number of aromatic nitrogens is 4. The highest BCUT2D eigenvalue weighted by molar-refractivity contribution is 6.35. The summed E-state index contributed by atoms with van der Waals surface area (Å²) >= 11 is 13.6. The molecule has 6 aromatic rings. The van der Waals surface area contributed by atoms with Crippen LogP contribution >= 0.6 is 23.2 Å². The molecule has 0 unspecified atom stereocenters. The number of hydrogen-bond donors (Lipinski definition) is 1. The van der Waals surface area contributed by atoms with Crippen LogP contribution < -0.4 is 9.64 Å². The summed E-state index contributed by atoms with van der Waals surface area (Å²) in [5.74, 6) is -0.760. The molecule has 1 fully saturated rings. The molecule has 1 atom stereocenters. The number of fused-ring (bicyclic) bond motifs is 4. The molecule has 0 bridgehead atoms. The molecule has 2 amide bonds. The Morgan fingerprint density at radius 2 is 1.61 bits per heavy atom. The zero-order chi connectivity index (χ0) is 42.2. The largest absolute Gasteiger partial charge is 0.494 e. The van der Waals surface area contributed by atoms with Crippen LogP contribution in [0.2, 0.25) is 10.0 Å². The maximum atomic E-state index is 15.5. The zero-order valence-electron chi connectivity index (χ0n) is 34.7. The molecule has 0 spiro atoms. The van der Waals surface area contributed by atoms with Crippen LogP contribution in [0.1, 0.15) is 78.8 Å². The highest BCUT2D eigenvalue weighted by atomic mass is 35.5. The summed E-state index contributed by atoms with van der Waals surface area (Å²) in [6.45, 7) is 13.3. The van der Waals surface area contributed by atoms with E-state index in [2.05, 4.69) is 16.4 Å². The third-order valence-corrected chi connectivity index (χ3v) is 13.1. The van der Waals surface area contributed by atoms with Crippen molar-refractivity contribution in [3.63, 3.8) is 0 Å². The van der Waals surface area contributed by atoms with Crippen LogP contribution in [-0.4, -0.2) is 98.0 Å². The van der Waals surface area contributed by atoms with Crippen molar-refractivity contribution in [1.82, 2.24) is 28.7 Å². The first-order valence-electron chi connectivity index (χ1n) is 20.0. The summed E-state index contributed by atoms with van der Waals surface area (Å²) in [6, 6.07) is 12.6. The second-order valence-corrected chi connectivity index (χ2v) is 17.0. The fraction of sp³-hybridized carbons (Fsp3) is 0.378. The Bertz CT molecular complexity index is 2700. The molecule has 3 aromatic heterocycles. The molecular formula is C45H49Cl2N7O5. The number of benzene rings is 3. The number of hydrogen-bond acceptors (Lipinski definition) is 6. The number of likely N-dealkylation sites (N-methyl/N-ethyl adjacent to an activating group) is 1. The molecule has 2 aliphatic rings. The van der Waals surface area contributed by atoms with Crippen molar-refractivity contribution in [2.45, 2.75) is 53.5 Å². The van der Waals surface area contributed by atoms with Crippen LogP contribution in [0.15, 0.2) is 42.5 Å². The first-order chi connectivity index (χ1) is 28.1. The fourth-order valence-electron chi connectivity index (χ4n) is 9.14. The number of piperazine rings is 1. The smallest absolute Gasteiger partial charge is 0.352 e. The number of nitrogens with zero attached hydrogens (tertiary/aromatic N) is 7. The molecule has 5 heterocycles. The number of carboxylic acid groups (broad SMARTS) is 1. The van der Waals surface area contributed by atoms with E-state index in [4.69, 9.17) is 33.0 Å². The third-order valence-electron chi connectivity index (χ3n) is 12.2. The van der Waals surface area contributed by atoms with E-state index in [9.17, 15) is 14.7 Å². The number of aryl methyl sites for hydroxylation is 6. The van der Waals surface area contributed by atoms with E-state index < -0.39 is 5.97 Å². The van der Waals surface area contributed by atoms with Gasteiger partial charge in [0, 0.05) is 91.0 Å². The molecule has 12 nitrogen and oxygen atoms in total. The van der Waals surface area contributed by atoms with Gasteiger partial charge >= 0.3 is 5.97 Å². The Morgan fingerprint density at radius 1 is 0.915 bits per heavy atom. The summed E-state index contributed by atoms with van der Waals surface area (Å²) in [7, 11) is 5.63. The predicted molar refractivity (Wildman–Crippen MR) is 233 cm³/mol. The zero-order valence-corrected chi connectivity index (χ0v) is 36.3. The van der Waals surface area contributed by atoms with Gasteiger partial charge in [-0.15, -0.1) is 0 Å². The van der Waals surface area contributed by atoms with Crippen LogP contribution in [0, 0.1) is 27.7 Å². The van der Waals surface area contributed by atoms with Crippen molar-refractivity contribution < 1.29 is 24.2 Å². The van der Waals surface area contributed by atoms with Gasteiger partial charge in [0.1, 0.15) is 17.1 Å². The van der Waals surface area contributed by atoms with E-state index in [1.54, 1.807) is 34.7 Å². The Labute approximate surface area is 353 Å². The van der Waals surface area contributed by atoms with Gasteiger partial charge < -0.3 is 33.7 Å². The van der Waals surface area contributed by atoms with Crippen LogP contribution in [0.3, 0.4) is 0 Å². The third kappa shape index (κ3) is 6.84. The van der Waals surface area contributed by atoms with Crippen molar-refractivity contribution in [3.05, 3.63) is 97.5 Å². The first kappa shape index (κ1) is 40.5. The summed E-state index contributed by atoms with van der Waals surface area (Å²) < 4.78 is 11.8. The lowest BCUT2D eigenvalue weighted by molar-refractivity contribution is 0.0661. The Morgan fingerprint density at radius 3 is 2.25 bits per heavy atom. The van der Waals surface area contributed by atoms with Gasteiger partial charge in [-0.25, -0.2) is 4.79 Å². The number of rotatable bonds is 9. The average Bonchev–Trinajstić information content (AvgIpc) is 3.81. The Balaban J connectivity index is 1.28. The first-order valence-corrected chi connectivity index (χ1v) is 20.7. The van der Waals surface area contributed by atoms with Crippen molar-refractivity contribution in [2.24, 2.45) is 14.1 Å². The van der Waals surface area contributed by atoms with Gasteiger partial charge in [0.25, 0.3) is 11.8 Å². The molecule has 14 heteroatoms. The minimum absolute atomic E-state index is 0.0605. The number of carbonyl (C=O) groups excluding carboxylic acids is 2. The van der Waals surface area contributed by atoms with Crippen LogP contribution in [0.25, 0.3) is 32.9 Å². The summed E-state index contributed by atoms with van der Waals surface area (Å²) in [6.07, 6.45) is 1.13. The lowest BCUT2D eigenvalue weighted by atomic mass is 9.98. The number of aromatic carboxylic acids is 1. The van der Waals surface area contributed by atoms with E-state index in [0.29, 0.717) is 65.4 Å². The van der Waals surface area contributed by atoms with Gasteiger partial charge in [0.15, 0.2) is 0 Å². The molecule has 3 aromatic carbocycles. The Hall–Kier alpha value is -5.30. The maximum Gasteiger partial charge on any atom is 0.352 e. The van der Waals surface area contributed by atoms with E-state index in [1.165, 1.54) is 0 Å². The molecular weight excluding hydrogens is 789 g/mol. The van der Waals surface area contributed by atoms with Crippen molar-refractivity contribution in [3.8, 4) is 16.9 Å². The second-order valence-electron chi connectivity index (χ2n) is 16.2. The predicted octanol–water partition coefficient (Wildman–Crippen LogP) is 8.39. The van der Waals surface area contributed by atoms with Crippen molar-refractivity contribution >= 4 is 68.5 Å². The normalized spacial score (nSPS) is 16.1.